The summed E-state index contributed by atoms with van der Waals surface area (Å²) in [4.78, 5) is 53.4. The third-order valence-electron chi connectivity index (χ3n) is 7.12. The van der Waals surface area contributed by atoms with Crippen LogP contribution < -0.4 is 15.8 Å². The summed E-state index contributed by atoms with van der Waals surface area (Å²) < 4.78 is 11.8. The van der Waals surface area contributed by atoms with Gasteiger partial charge in [-0.15, -0.1) is 11.3 Å². The van der Waals surface area contributed by atoms with E-state index in [1.807, 2.05) is 30.3 Å². The van der Waals surface area contributed by atoms with Crippen LogP contribution >= 0.6 is 11.3 Å². The Morgan fingerprint density at radius 3 is 2.54 bits per heavy atom. The minimum atomic E-state index is -0.687. The van der Waals surface area contributed by atoms with Gasteiger partial charge in [-0.25, -0.2) is 4.79 Å². The quantitative estimate of drug-likeness (QED) is 0.353. The highest BCUT2D eigenvalue weighted by atomic mass is 32.1. The zero-order chi connectivity index (χ0) is 27.7. The molecule has 0 atom stereocenters. The second-order valence-corrected chi connectivity index (χ2v) is 11.0. The number of thiophene rings is 1. The first kappa shape index (κ1) is 26.4. The summed E-state index contributed by atoms with van der Waals surface area (Å²) in [7, 11) is 0. The molecule has 3 N–H and O–H groups in total. The number of carbonyl (C=O) groups excluding carboxylic acids is 4. The SMILES string of the molecule is CC(=O)Nc1sc(C(=O)OCc2ccccc2)c(C)c1C(=O)N1CCC2(CC1)CC(=O)c1cc(N)ccc1O2. The Morgan fingerprint density at radius 2 is 1.85 bits per heavy atom. The fourth-order valence-corrected chi connectivity index (χ4v) is 6.21. The van der Waals surface area contributed by atoms with Gasteiger partial charge in [-0.3, -0.25) is 14.4 Å². The number of piperidine rings is 1. The van der Waals surface area contributed by atoms with Gasteiger partial charge in [0.15, 0.2) is 5.78 Å². The summed E-state index contributed by atoms with van der Waals surface area (Å²) in [5.41, 5.74) is 7.72. The lowest BCUT2D eigenvalue weighted by molar-refractivity contribution is -0.114. The van der Waals surface area contributed by atoms with E-state index in [0.29, 0.717) is 53.5 Å². The minimum Gasteiger partial charge on any atom is -0.486 e. The van der Waals surface area contributed by atoms with Crippen LogP contribution in [-0.2, 0) is 16.1 Å². The monoisotopic (exact) mass is 547 g/mol. The summed E-state index contributed by atoms with van der Waals surface area (Å²) in [6, 6.07) is 14.4. The van der Waals surface area contributed by atoms with Gasteiger partial charge < -0.3 is 25.4 Å². The Morgan fingerprint density at radius 1 is 1.13 bits per heavy atom. The highest BCUT2D eigenvalue weighted by molar-refractivity contribution is 7.18. The highest BCUT2D eigenvalue weighted by Crippen LogP contribution is 2.41. The van der Waals surface area contributed by atoms with Crippen LogP contribution in [0.25, 0.3) is 0 Å². The fourth-order valence-electron chi connectivity index (χ4n) is 5.07. The summed E-state index contributed by atoms with van der Waals surface area (Å²) in [6.45, 7) is 3.85. The maximum Gasteiger partial charge on any atom is 0.349 e. The van der Waals surface area contributed by atoms with E-state index >= 15 is 0 Å². The topological polar surface area (TPSA) is 128 Å². The van der Waals surface area contributed by atoms with Crippen LogP contribution in [0.1, 0.15) is 67.7 Å². The van der Waals surface area contributed by atoms with Crippen LogP contribution in [0.15, 0.2) is 48.5 Å². The smallest absolute Gasteiger partial charge is 0.349 e. The first-order valence-corrected chi connectivity index (χ1v) is 13.5. The molecule has 0 bridgehead atoms. The van der Waals surface area contributed by atoms with E-state index in [-0.39, 0.29) is 41.1 Å². The first-order valence-electron chi connectivity index (χ1n) is 12.7. The highest BCUT2D eigenvalue weighted by Gasteiger charge is 2.44. The van der Waals surface area contributed by atoms with E-state index in [0.717, 1.165) is 16.9 Å². The van der Waals surface area contributed by atoms with Crippen molar-refractivity contribution in [2.45, 2.75) is 45.3 Å². The molecule has 3 heterocycles. The molecule has 0 saturated carbocycles. The van der Waals surface area contributed by atoms with E-state index in [1.165, 1.54) is 6.92 Å². The number of ketones is 1. The molecule has 10 heteroatoms. The second kappa shape index (κ2) is 10.5. The number of hydrogen-bond acceptors (Lipinski definition) is 8. The van der Waals surface area contributed by atoms with Crippen molar-refractivity contribution in [1.82, 2.24) is 4.90 Å². The van der Waals surface area contributed by atoms with Gasteiger partial charge in [0.1, 0.15) is 27.8 Å². The number of anilines is 2. The van der Waals surface area contributed by atoms with Crippen molar-refractivity contribution in [3.05, 3.63) is 75.7 Å². The van der Waals surface area contributed by atoms with Gasteiger partial charge in [-0.2, -0.15) is 0 Å². The van der Waals surface area contributed by atoms with E-state index in [1.54, 1.807) is 30.0 Å². The van der Waals surface area contributed by atoms with Crippen molar-refractivity contribution in [2.75, 3.05) is 24.1 Å². The Hall–Kier alpha value is -4.18. The average molecular weight is 548 g/mol. The third kappa shape index (κ3) is 5.37. The zero-order valence-electron chi connectivity index (χ0n) is 21.7. The van der Waals surface area contributed by atoms with Gasteiger partial charge in [-0.1, -0.05) is 30.3 Å². The van der Waals surface area contributed by atoms with Gasteiger partial charge in [0.2, 0.25) is 5.91 Å². The molecule has 2 aromatic carbocycles. The second-order valence-electron chi connectivity index (χ2n) is 9.94. The number of benzene rings is 2. The van der Waals surface area contributed by atoms with Crippen molar-refractivity contribution >= 4 is 45.6 Å². The first-order chi connectivity index (χ1) is 18.7. The number of nitrogens with two attached hydrogens (primary N) is 1. The number of nitrogens with one attached hydrogen (secondary N) is 1. The maximum absolute atomic E-state index is 13.7. The average Bonchev–Trinajstić information content (AvgIpc) is 3.23. The number of ether oxygens (including phenoxy) is 2. The number of esters is 1. The lowest BCUT2D eigenvalue weighted by atomic mass is 9.82. The molecule has 202 valence electrons. The number of rotatable bonds is 5. The standard InChI is InChI=1S/C29H29N3O6S/c1-17-24(26(31-18(2)33)39-25(17)28(36)37-16-19-6-4-3-5-7-19)27(35)32-12-10-29(11-13-32)15-22(34)21-14-20(30)8-9-23(21)38-29/h3-9,14H,10-13,15-16,30H2,1-2H3,(H,31,33). The van der Waals surface area contributed by atoms with Gasteiger partial charge in [0, 0.05) is 38.5 Å². The molecule has 3 aromatic rings. The van der Waals surface area contributed by atoms with Gasteiger partial charge in [0.05, 0.1) is 17.5 Å². The van der Waals surface area contributed by atoms with Gasteiger partial charge in [0.25, 0.3) is 5.91 Å². The molecule has 9 nitrogen and oxygen atoms in total. The molecule has 1 fully saturated rings. The molecule has 1 spiro atoms. The summed E-state index contributed by atoms with van der Waals surface area (Å²) >= 11 is 1.03. The third-order valence-corrected chi connectivity index (χ3v) is 8.31. The molecular weight excluding hydrogens is 518 g/mol. The van der Waals surface area contributed by atoms with Crippen molar-refractivity contribution in [3.63, 3.8) is 0 Å². The van der Waals surface area contributed by atoms with Gasteiger partial charge in [-0.05, 0) is 36.2 Å². The Labute approximate surface area is 229 Å². The predicted octanol–water partition coefficient (Wildman–Crippen LogP) is 4.59. The molecule has 2 aliphatic rings. The van der Waals surface area contributed by atoms with Crippen LogP contribution in [0.2, 0.25) is 0 Å². The van der Waals surface area contributed by atoms with Gasteiger partial charge >= 0.3 is 5.97 Å². The molecule has 0 aliphatic carbocycles. The maximum atomic E-state index is 13.7. The van der Waals surface area contributed by atoms with Crippen LogP contribution in [0.5, 0.6) is 5.75 Å². The number of hydrogen-bond donors (Lipinski definition) is 2. The van der Waals surface area contributed by atoms with E-state index in [9.17, 15) is 19.2 Å². The molecule has 1 aromatic heterocycles. The number of carbonyl (C=O) groups is 4. The van der Waals surface area contributed by atoms with E-state index < -0.39 is 11.6 Å². The van der Waals surface area contributed by atoms with E-state index in [4.69, 9.17) is 15.2 Å². The summed E-state index contributed by atoms with van der Waals surface area (Å²) in [5.74, 6) is -0.706. The van der Waals surface area contributed by atoms with Crippen molar-refractivity contribution in [2.24, 2.45) is 0 Å². The Balaban J connectivity index is 1.33. The lowest BCUT2D eigenvalue weighted by Gasteiger charge is -2.44. The van der Waals surface area contributed by atoms with Crippen LogP contribution in [-0.4, -0.2) is 47.2 Å². The molecule has 2 aliphatic heterocycles. The van der Waals surface area contributed by atoms with Crippen LogP contribution in [0, 0.1) is 6.92 Å². The van der Waals surface area contributed by atoms with Crippen LogP contribution in [0.4, 0.5) is 10.7 Å². The number of Topliss-reactive ketones (excluding diaryl/α,β-unsaturated/α-hetero) is 1. The Bertz CT molecular complexity index is 1460. The Kier molecular flexibility index (Phi) is 7.14. The zero-order valence-corrected chi connectivity index (χ0v) is 22.6. The number of nitrogens with zero attached hydrogens (tertiary/aromatic N) is 1. The number of fused-ring (bicyclic) bond motifs is 1. The molecule has 39 heavy (non-hydrogen) atoms. The normalized spacial score (nSPS) is 15.8. The van der Waals surface area contributed by atoms with E-state index in [2.05, 4.69) is 5.32 Å². The predicted molar refractivity (Wildman–Crippen MR) is 147 cm³/mol. The number of likely N-dealkylation sites (tertiary alicyclic amines) is 1. The number of amides is 2. The fraction of sp³-hybridized carbons (Fsp3) is 0.310. The molecule has 2 amide bonds. The molecule has 0 unspecified atom stereocenters. The molecule has 5 rings (SSSR count). The largest absolute Gasteiger partial charge is 0.486 e. The minimum absolute atomic E-state index is 0.0244. The summed E-state index contributed by atoms with van der Waals surface area (Å²) in [6.07, 6.45) is 1.16. The molecular formula is C29H29N3O6S. The summed E-state index contributed by atoms with van der Waals surface area (Å²) in [5, 5.41) is 3.02. The number of nitrogen functional groups attached to an aromatic ring is 1. The van der Waals surface area contributed by atoms with Crippen molar-refractivity contribution < 1.29 is 28.7 Å². The van der Waals surface area contributed by atoms with Crippen molar-refractivity contribution in [1.29, 1.82) is 0 Å². The van der Waals surface area contributed by atoms with Crippen molar-refractivity contribution in [3.8, 4) is 5.75 Å². The van der Waals surface area contributed by atoms with Crippen LogP contribution in [0.3, 0.4) is 0 Å². The molecule has 0 radical (unpaired) electrons. The lowest BCUT2D eigenvalue weighted by Crippen LogP contribution is -2.52. The molecule has 1 saturated heterocycles.